The van der Waals surface area contributed by atoms with Crippen LogP contribution < -0.4 is 4.90 Å². The van der Waals surface area contributed by atoms with Gasteiger partial charge in [0, 0.05) is 12.6 Å². The van der Waals surface area contributed by atoms with Gasteiger partial charge in [-0.1, -0.05) is 13.8 Å². The van der Waals surface area contributed by atoms with Gasteiger partial charge in [0.1, 0.15) is 11.9 Å². The lowest BCUT2D eigenvalue weighted by molar-refractivity contribution is 0.565. The molecule has 0 saturated heterocycles. The first-order valence-corrected chi connectivity index (χ1v) is 5.53. The van der Waals surface area contributed by atoms with Gasteiger partial charge < -0.3 is 4.90 Å². The maximum Gasteiger partial charge on any atom is 0.158 e. The van der Waals surface area contributed by atoms with Gasteiger partial charge in [-0.25, -0.2) is 9.97 Å². The van der Waals surface area contributed by atoms with Crippen molar-refractivity contribution >= 4 is 5.82 Å². The molecule has 0 spiro atoms. The van der Waals surface area contributed by atoms with E-state index < -0.39 is 0 Å². The van der Waals surface area contributed by atoms with Gasteiger partial charge in [0.15, 0.2) is 5.69 Å². The average Bonchev–Trinajstić information content (AvgIpc) is 2.25. The molecule has 1 heterocycles. The van der Waals surface area contributed by atoms with E-state index >= 15 is 0 Å². The lowest BCUT2D eigenvalue weighted by atomic mass is 10.2. The summed E-state index contributed by atoms with van der Waals surface area (Å²) in [7, 11) is 0. The first-order chi connectivity index (χ1) is 7.54. The van der Waals surface area contributed by atoms with Crippen molar-refractivity contribution in [3.05, 3.63) is 18.1 Å². The van der Waals surface area contributed by atoms with E-state index in [1.54, 1.807) is 6.20 Å². The molecular formula is C12H18N4. The van der Waals surface area contributed by atoms with Gasteiger partial charge in [-0.2, -0.15) is 5.26 Å². The molecule has 0 aliphatic carbocycles. The van der Waals surface area contributed by atoms with Crippen molar-refractivity contribution < 1.29 is 0 Å². The van der Waals surface area contributed by atoms with Gasteiger partial charge in [-0.05, 0) is 19.8 Å². The van der Waals surface area contributed by atoms with Crippen molar-refractivity contribution in [1.29, 1.82) is 5.26 Å². The molecule has 0 aliphatic rings. The normalized spacial score (nSPS) is 10.6. The van der Waals surface area contributed by atoms with Crippen molar-refractivity contribution in [2.75, 3.05) is 11.4 Å². The summed E-state index contributed by atoms with van der Waals surface area (Å²) < 4.78 is 0. The molecule has 0 aromatic carbocycles. The molecule has 0 bridgehead atoms. The zero-order chi connectivity index (χ0) is 12.1. The van der Waals surface area contributed by atoms with Crippen LogP contribution in [-0.4, -0.2) is 22.6 Å². The van der Waals surface area contributed by atoms with Crippen LogP contribution in [0.5, 0.6) is 0 Å². The Bertz CT molecular complexity index is 362. The van der Waals surface area contributed by atoms with Gasteiger partial charge in [0.25, 0.3) is 0 Å². The third kappa shape index (κ3) is 3.20. The van der Waals surface area contributed by atoms with Crippen molar-refractivity contribution in [3.63, 3.8) is 0 Å². The number of hydrogen-bond donors (Lipinski definition) is 0. The zero-order valence-electron chi connectivity index (χ0n) is 10.3. The first-order valence-electron chi connectivity index (χ1n) is 5.53. The lowest BCUT2D eigenvalue weighted by Gasteiger charge is -2.29. The Morgan fingerprint density at radius 1 is 1.25 bits per heavy atom. The third-order valence-corrected chi connectivity index (χ3v) is 2.23. The SMILES string of the molecule is CC(C)CN(c1cnc(C#N)cn1)C(C)C. The molecule has 1 aromatic rings. The van der Waals surface area contributed by atoms with Gasteiger partial charge >= 0.3 is 0 Å². The van der Waals surface area contributed by atoms with Crippen molar-refractivity contribution in [1.82, 2.24) is 9.97 Å². The fraction of sp³-hybridized carbons (Fsp3) is 0.583. The van der Waals surface area contributed by atoms with E-state index in [1.165, 1.54) is 6.20 Å². The van der Waals surface area contributed by atoms with E-state index in [2.05, 4.69) is 42.6 Å². The molecule has 0 aliphatic heterocycles. The van der Waals surface area contributed by atoms with E-state index in [0.29, 0.717) is 17.7 Å². The minimum absolute atomic E-state index is 0.358. The van der Waals surface area contributed by atoms with Crippen LogP contribution in [0.25, 0.3) is 0 Å². The summed E-state index contributed by atoms with van der Waals surface area (Å²) in [6.07, 6.45) is 3.19. The van der Waals surface area contributed by atoms with Crippen LogP contribution in [0.1, 0.15) is 33.4 Å². The second kappa shape index (κ2) is 5.45. The molecule has 0 atom stereocenters. The van der Waals surface area contributed by atoms with Crippen LogP contribution in [0.3, 0.4) is 0 Å². The molecule has 4 heteroatoms. The predicted molar refractivity (Wildman–Crippen MR) is 64.1 cm³/mol. The second-order valence-corrected chi connectivity index (χ2v) is 4.51. The molecule has 0 N–H and O–H groups in total. The highest BCUT2D eigenvalue weighted by Gasteiger charge is 2.13. The summed E-state index contributed by atoms with van der Waals surface area (Å²) in [4.78, 5) is 10.5. The molecule has 0 saturated carbocycles. The molecule has 1 aromatic heterocycles. The van der Waals surface area contributed by atoms with Crippen LogP contribution in [0.4, 0.5) is 5.82 Å². The summed E-state index contributed by atoms with van der Waals surface area (Å²) in [5.41, 5.74) is 0.358. The Morgan fingerprint density at radius 3 is 2.31 bits per heavy atom. The average molecular weight is 218 g/mol. The monoisotopic (exact) mass is 218 g/mol. The maximum absolute atomic E-state index is 8.66. The zero-order valence-corrected chi connectivity index (χ0v) is 10.3. The Hall–Kier alpha value is -1.63. The molecule has 0 fully saturated rings. The smallest absolute Gasteiger partial charge is 0.158 e. The van der Waals surface area contributed by atoms with E-state index in [-0.39, 0.29) is 0 Å². The Balaban J connectivity index is 2.89. The van der Waals surface area contributed by atoms with Gasteiger partial charge in [-0.3, -0.25) is 0 Å². The summed E-state index contributed by atoms with van der Waals surface area (Å²) in [6.45, 7) is 9.54. The predicted octanol–water partition coefficient (Wildman–Crippen LogP) is 2.22. The topological polar surface area (TPSA) is 52.8 Å². The van der Waals surface area contributed by atoms with Gasteiger partial charge in [0.2, 0.25) is 0 Å². The first kappa shape index (κ1) is 12.4. The van der Waals surface area contributed by atoms with Crippen LogP contribution >= 0.6 is 0 Å². The number of nitrogens with zero attached hydrogens (tertiary/aromatic N) is 4. The highest BCUT2D eigenvalue weighted by atomic mass is 15.2. The molecular weight excluding hydrogens is 200 g/mol. The van der Waals surface area contributed by atoms with Crippen LogP contribution in [0, 0.1) is 17.2 Å². The van der Waals surface area contributed by atoms with Gasteiger partial charge in [0.05, 0.1) is 12.4 Å². The third-order valence-electron chi connectivity index (χ3n) is 2.23. The van der Waals surface area contributed by atoms with E-state index in [1.807, 2.05) is 6.07 Å². The number of aromatic nitrogens is 2. The van der Waals surface area contributed by atoms with Crippen LogP contribution in [-0.2, 0) is 0 Å². The number of nitriles is 1. The van der Waals surface area contributed by atoms with Crippen molar-refractivity contribution in [3.8, 4) is 6.07 Å². The second-order valence-electron chi connectivity index (χ2n) is 4.51. The molecule has 0 radical (unpaired) electrons. The number of anilines is 1. The van der Waals surface area contributed by atoms with Crippen LogP contribution in [0.2, 0.25) is 0 Å². The fourth-order valence-electron chi connectivity index (χ4n) is 1.49. The van der Waals surface area contributed by atoms with E-state index in [9.17, 15) is 0 Å². The molecule has 86 valence electrons. The Kier molecular flexibility index (Phi) is 4.24. The molecule has 0 unspecified atom stereocenters. The molecule has 1 rings (SSSR count). The minimum atomic E-state index is 0.358. The maximum atomic E-state index is 8.66. The molecule has 0 amide bonds. The summed E-state index contributed by atoms with van der Waals surface area (Å²) in [5, 5.41) is 8.66. The van der Waals surface area contributed by atoms with Gasteiger partial charge in [-0.15, -0.1) is 0 Å². The minimum Gasteiger partial charge on any atom is -0.353 e. The molecule has 4 nitrogen and oxygen atoms in total. The van der Waals surface area contributed by atoms with Crippen molar-refractivity contribution in [2.45, 2.75) is 33.7 Å². The number of rotatable bonds is 4. The Labute approximate surface area is 96.9 Å². The number of hydrogen-bond acceptors (Lipinski definition) is 4. The van der Waals surface area contributed by atoms with E-state index in [4.69, 9.17) is 5.26 Å². The summed E-state index contributed by atoms with van der Waals surface area (Å²) in [5.74, 6) is 1.41. The summed E-state index contributed by atoms with van der Waals surface area (Å²) in [6, 6.07) is 2.35. The van der Waals surface area contributed by atoms with Crippen LogP contribution in [0.15, 0.2) is 12.4 Å². The standard InChI is InChI=1S/C12H18N4/c1-9(2)8-16(10(3)4)12-7-14-11(5-13)6-15-12/h6-7,9-10H,8H2,1-4H3. The largest absolute Gasteiger partial charge is 0.353 e. The van der Waals surface area contributed by atoms with E-state index in [0.717, 1.165) is 12.4 Å². The summed E-state index contributed by atoms with van der Waals surface area (Å²) >= 11 is 0. The lowest BCUT2D eigenvalue weighted by Crippen LogP contribution is -2.34. The molecule has 16 heavy (non-hydrogen) atoms. The fourth-order valence-corrected chi connectivity index (χ4v) is 1.49. The Morgan fingerprint density at radius 2 is 1.94 bits per heavy atom. The highest BCUT2D eigenvalue weighted by Crippen LogP contribution is 2.14. The highest BCUT2D eigenvalue weighted by molar-refractivity contribution is 5.38. The van der Waals surface area contributed by atoms with Crippen molar-refractivity contribution in [2.24, 2.45) is 5.92 Å². The quantitative estimate of drug-likeness (QED) is 0.777.